The smallest absolute Gasteiger partial charge is 0.143 e. The number of ether oxygens (including phenoxy) is 1. The van der Waals surface area contributed by atoms with Crippen molar-refractivity contribution in [2.45, 2.75) is 13.5 Å². The van der Waals surface area contributed by atoms with Gasteiger partial charge in [-0.05, 0) is 55.0 Å². The molecule has 0 spiro atoms. The maximum atomic E-state index is 13.9. The van der Waals surface area contributed by atoms with Crippen LogP contribution in [0.15, 0.2) is 60.8 Å². The molecule has 3 heterocycles. The molecule has 0 bridgehead atoms. The van der Waals surface area contributed by atoms with Crippen LogP contribution in [0.3, 0.4) is 0 Å². The van der Waals surface area contributed by atoms with Crippen molar-refractivity contribution in [1.82, 2.24) is 19.4 Å². The molecule has 0 aliphatic carbocycles. The van der Waals surface area contributed by atoms with Gasteiger partial charge in [0.1, 0.15) is 11.6 Å². The Morgan fingerprint density at radius 2 is 1.84 bits per heavy atom. The Bertz CT molecular complexity index is 1210. The Balaban J connectivity index is 1.59. The minimum atomic E-state index is -0.209. The van der Waals surface area contributed by atoms with Crippen LogP contribution in [0.4, 0.5) is 4.39 Å². The number of nitrogens with zero attached hydrogens (tertiary/aromatic N) is 4. The summed E-state index contributed by atoms with van der Waals surface area (Å²) in [6.45, 7) is 7.01. The van der Waals surface area contributed by atoms with Crippen LogP contribution in [0.5, 0.6) is 0 Å². The average molecular weight is 417 g/mol. The van der Waals surface area contributed by atoms with Gasteiger partial charge in [0.15, 0.2) is 0 Å². The molecule has 0 unspecified atom stereocenters. The van der Waals surface area contributed by atoms with E-state index in [1.54, 1.807) is 19.2 Å². The van der Waals surface area contributed by atoms with Gasteiger partial charge in [-0.1, -0.05) is 12.1 Å². The number of imidazole rings is 1. The van der Waals surface area contributed by atoms with Crippen molar-refractivity contribution >= 4 is 11.0 Å². The first-order chi connectivity index (χ1) is 15.2. The van der Waals surface area contributed by atoms with Crippen molar-refractivity contribution in [1.29, 1.82) is 0 Å². The van der Waals surface area contributed by atoms with Crippen LogP contribution in [0.25, 0.3) is 33.7 Å². The van der Waals surface area contributed by atoms with Crippen molar-refractivity contribution in [2.75, 3.05) is 32.8 Å². The second-order valence-electron chi connectivity index (χ2n) is 7.89. The monoisotopic (exact) mass is 416 g/mol. The van der Waals surface area contributed by atoms with Gasteiger partial charge in [-0.3, -0.25) is 9.88 Å². The van der Waals surface area contributed by atoms with Crippen molar-refractivity contribution in [2.24, 2.45) is 0 Å². The van der Waals surface area contributed by atoms with Crippen molar-refractivity contribution in [3.05, 3.63) is 72.2 Å². The summed E-state index contributed by atoms with van der Waals surface area (Å²) in [5, 5.41) is 0. The zero-order valence-corrected chi connectivity index (χ0v) is 17.6. The zero-order valence-electron chi connectivity index (χ0n) is 17.6. The van der Waals surface area contributed by atoms with Gasteiger partial charge in [0.2, 0.25) is 0 Å². The molecule has 0 atom stereocenters. The number of halogens is 1. The highest BCUT2D eigenvalue weighted by Gasteiger charge is 2.19. The molecule has 1 aliphatic rings. The molecule has 1 aliphatic heterocycles. The van der Waals surface area contributed by atoms with E-state index in [1.165, 1.54) is 6.07 Å². The van der Waals surface area contributed by atoms with Crippen LogP contribution >= 0.6 is 0 Å². The summed E-state index contributed by atoms with van der Waals surface area (Å²) in [7, 11) is 0. The molecule has 158 valence electrons. The molecule has 31 heavy (non-hydrogen) atoms. The Kier molecular flexibility index (Phi) is 5.49. The van der Waals surface area contributed by atoms with E-state index in [4.69, 9.17) is 9.72 Å². The van der Waals surface area contributed by atoms with Gasteiger partial charge in [0.25, 0.3) is 0 Å². The maximum absolute atomic E-state index is 13.9. The molecule has 4 aromatic rings. The van der Waals surface area contributed by atoms with E-state index < -0.39 is 0 Å². The average Bonchev–Trinajstić information content (AvgIpc) is 3.18. The lowest BCUT2D eigenvalue weighted by atomic mass is 10.0. The lowest BCUT2D eigenvalue weighted by Crippen LogP contribution is -2.38. The molecule has 1 fully saturated rings. The summed E-state index contributed by atoms with van der Waals surface area (Å²) in [6.07, 6.45) is 1.78. The molecule has 0 radical (unpaired) electrons. The molecular formula is C25H25FN4O. The van der Waals surface area contributed by atoms with E-state index in [2.05, 4.69) is 20.5 Å². The summed E-state index contributed by atoms with van der Waals surface area (Å²) in [6, 6.07) is 17.3. The molecule has 5 nitrogen and oxygen atoms in total. The van der Waals surface area contributed by atoms with Gasteiger partial charge >= 0.3 is 0 Å². The number of rotatable bonds is 5. The van der Waals surface area contributed by atoms with Crippen LogP contribution in [-0.2, 0) is 11.3 Å². The summed E-state index contributed by atoms with van der Waals surface area (Å²) in [5.74, 6) is 0.679. The molecule has 0 saturated carbocycles. The fourth-order valence-electron chi connectivity index (χ4n) is 4.18. The fraction of sp³-hybridized carbons (Fsp3) is 0.280. The molecule has 6 heteroatoms. The highest BCUT2D eigenvalue weighted by atomic mass is 19.1. The van der Waals surface area contributed by atoms with Gasteiger partial charge in [-0.2, -0.15) is 0 Å². The summed E-state index contributed by atoms with van der Waals surface area (Å²) in [5.41, 5.74) is 5.33. The minimum absolute atomic E-state index is 0.209. The molecule has 2 aromatic carbocycles. The van der Waals surface area contributed by atoms with Crippen LogP contribution in [0, 0.1) is 12.7 Å². The number of hydrogen-bond donors (Lipinski definition) is 0. The normalized spacial score (nSPS) is 14.9. The van der Waals surface area contributed by atoms with Crippen molar-refractivity contribution in [3.63, 3.8) is 0 Å². The topological polar surface area (TPSA) is 43.2 Å². The third-order valence-corrected chi connectivity index (χ3v) is 5.88. The Hall–Kier alpha value is -3.09. The van der Waals surface area contributed by atoms with Crippen LogP contribution in [0.1, 0.15) is 5.56 Å². The number of pyridine rings is 1. The van der Waals surface area contributed by atoms with Crippen LogP contribution in [0.2, 0.25) is 0 Å². The van der Waals surface area contributed by atoms with Gasteiger partial charge in [-0.15, -0.1) is 0 Å². The van der Waals surface area contributed by atoms with Crippen LogP contribution < -0.4 is 0 Å². The van der Waals surface area contributed by atoms with E-state index in [0.717, 1.165) is 73.1 Å². The largest absolute Gasteiger partial charge is 0.379 e. The number of morpholine rings is 1. The summed E-state index contributed by atoms with van der Waals surface area (Å²) in [4.78, 5) is 12.1. The van der Waals surface area contributed by atoms with E-state index in [0.29, 0.717) is 5.56 Å². The Morgan fingerprint density at radius 1 is 1.00 bits per heavy atom. The quantitative estimate of drug-likeness (QED) is 0.479. The third kappa shape index (κ3) is 3.96. The number of para-hydroxylation sites is 2. The number of fused-ring (bicyclic) bond motifs is 1. The molecule has 5 rings (SSSR count). The highest BCUT2D eigenvalue weighted by molar-refractivity contribution is 5.85. The predicted octanol–water partition coefficient (Wildman–Crippen LogP) is 4.55. The Morgan fingerprint density at radius 3 is 2.68 bits per heavy atom. The van der Waals surface area contributed by atoms with Crippen molar-refractivity contribution in [3.8, 4) is 22.6 Å². The van der Waals surface area contributed by atoms with Gasteiger partial charge in [-0.25, -0.2) is 9.37 Å². The molecule has 2 aromatic heterocycles. The first-order valence-corrected chi connectivity index (χ1v) is 10.7. The molecule has 0 amide bonds. The molecular weight excluding hydrogens is 391 g/mol. The molecule has 0 N–H and O–H groups in total. The van der Waals surface area contributed by atoms with Gasteiger partial charge in [0.05, 0.1) is 29.9 Å². The SMILES string of the molecule is Cc1cc(-c2ncccc2-c2nc3ccccc3n2CCN2CCOCC2)ccc1F. The first kappa shape index (κ1) is 19.8. The number of hydrogen-bond acceptors (Lipinski definition) is 4. The van der Waals surface area contributed by atoms with E-state index in [1.807, 2.05) is 36.4 Å². The lowest BCUT2D eigenvalue weighted by molar-refractivity contribution is 0.0366. The van der Waals surface area contributed by atoms with Crippen LogP contribution in [-0.4, -0.2) is 52.3 Å². The standard InChI is InChI=1S/C25H25FN4O/c1-18-17-19(8-9-21(18)26)24-20(5-4-10-27-24)25-28-22-6-2-3-7-23(22)30(25)12-11-29-13-15-31-16-14-29/h2-10,17H,11-16H2,1H3. The Labute approximate surface area is 181 Å². The van der Waals surface area contributed by atoms with E-state index in [9.17, 15) is 4.39 Å². The second-order valence-corrected chi connectivity index (χ2v) is 7.89. The van der Waals surface area contributed by atoms with Crippen molar-refractivity contribution < 1.29 is 9.13 Å². The van der Waals surface area contributed by atoms with Gasteiger partial charge < -0.3 is 9.30 Å². The third-order valence-electron chi connectivity index (χ3n) is 5.88. The highest BCUT2D eigenvalue weighted by Crippen LogP contribution is 2.32. The second kappa shape index (κ2) is 8.57. The van der Waals surface area contributed by atoms with Gasteiger partial charge in [0, 0.05) is 43.5 Å². The summed E-state index contributed by atoms with van der Waals surface area (Å²) >= 11 is 0. The minimum Gasteiger partial charge on any atom is -0.379 e. The lowest BCUT2D eigenvalue weighted by Gasteiger charge is -2.27. The number of aromatic nitrogens is 3. The predicted molar refractivity (Wildman–Crippen MR) is 120 cm³/mol. The maximum Gasteiger partial charge on any atom is 0.143 e. The number of aryl methyl sites for hydroxylation is 1. The molecule has 1 saturated heterocycles. The fourth-order valence-corrected chi connectivity index (χ4v) is 4.18. The van der Waals surface area contributed by atoms with E-state index in [-0.39, 0.29) is 5.82 Å². The summed E-state index contributed by atoms with van der Waals surface area (Å²) < 4.78 is 21.6. The number of benzene rings is 2. The zero-order chi connectivity index (χ0) is 21.2. The van der Waals surface area contributed by atoms with E-state index >= 15 is 0 Å². The first-order valence-electron chi connectivity index (χ1n) is 10.7.